The molecule has 196 valence electrons. The number of carbonyl (C=O) groups is 2. The summed E-state index contributed by atoms with van der Waals surface area (Å²) in [6.07, 6.45) is 6.44. The summed E-state index contributed by atoms with van der Waals surface area (Å²) in [4.78, 5) is 29.1. The van der Waals surface area contributed by atoms with Gasteiger partial charge in [0.05, 0.1) is 25.0 Å². The summed E-state index contributed by atoms with van der Waals surface area (Å²) >= 11 is 0. The second kappa shape index (κ2) is 11.5. The van der Waals surface area contributed by atoms with E-state index in [4.69, 9.17) is 4.74 Å². The van der Waals surface area contributed by atoms with Crippen molar-refractivity contribution in [2.24, 2.45) is 0 Å². The lowest BCUT2D eigenvalue weighted by Gasteiger charge is -2.44. The third-order valence-corrected chi connectivity index (χ3v) is 7.90. The van der Waals surface area contributed by atoms with E-state index in [2.05, 4.69) is 5.32 Å². The van der Waals surface area contributed by atoms with Crippen LogP contribution in [-0.2, 0) is 16.0 Å². The molecular weight excluding hydrogens is 468 g/mol. The number of para-hydroxylation sites is 1. The molecule has 4 unspecified atom stereocenters. The molecule has 4 atom stereocenters. The zero-order valence-electron chi connectivity index (χ0n) is 21.1. The van der Waals surface area contributed by atoms with Crippen LogP contribution >= 0.6 is 0 Å². The van der Waals surface area contributed by atoms with E-state index in [1.54, 1.807) is 6.08 Å². The lowest BCUT2D eigenvalue weighted by molar-refractivity contribution is -0.140. The molecule has 0 spiro atoms. The molecule has 2 amide bonds. The maximum absolute atomic E-state index is 13.9. The first-order chi connectivity index (χ1) is 18.1. The molecule has 2 aromatic carbocycles. The van der Waals surface area contributed by atoms with Crippen molar-refractivity contribution in [2.45, 2.75) is 75.2 Å². The number of aliphatic hydroxyl groups excluding tert-OH is 2. The van der Waals surface area contributed by atoms with Gasteiger partial charge in [-0.05, 0) is 30.5 Å². The third-order valence-electron chi connectivity index (χ3n) is 7.90. The molecule has 0 saturated heterocycles. The minimum absolute atomic E-state index is 0.0170. The van der Waals surface area contributed by atoms with Gasteiger partial charge in [0.25, 0.3) is 0 Å². The Morgan fingerprint density at radius 3 is 2.41 bits per heavy atom. The lowest BCUT2D eigenvalue weighted by Crippen LogP contribution is -2.58. The summed E-state index contributed by atoms with van der Waals surface area (Å²) in [7, 11) is 0. The van der Waals surface area contributed by atoms with Gasteiger partial charge in [0, 0.05) is 23.7 Å². The molecule has 2 aliphatic carbocycles. The van der Waals surface area contributed by atoms with E-state index in [0.717, 1.165) is 49.7 Å². The summed E-state index contributed by atoms with van der Waals surface area (Å²) in [5.74, 6) is -0.156. The van der Waals surface area contributed by atoms with Crippen molar-refractivity contribution in [3.8, 4) is 5.75 Å². The highest BCUT2D eigenvalue weighted by Crippen LogP contribution is 2.47. The first-order valence-electron chi connectivity index (χ1n) is 13.5. The summed E-state index contributed by atoms with van der Waals surface area (Å²) < 4.78 is 6.24. The number of benzene rings is 2. The van der Waals surface area contributed by atoms with Crippen LogP contribution in [0.25, 0.3) is 0 Å². The maximum Gasteiger partial charge on any atom is 0.247 e. The first kappa shape index (κ1) is 25.5. The quantitative estimate of drug-likeness (QED) is 0.504. The number of carbonyl (C=O) groups excluding carboxylic acids is 2. The Hall–Kier alpha value is -3.16. The Kier molecular flexibility index (Phi) is 7.91. The van der Waals surface area contributed by atoms with Crippen LogP contribution < -0.4 is 10.1 Å². The van der Waals surface area contributed by atoms with Crippen molar-refractivity contribution in [1.29, 1.82) is 0 Å². The normalized spacial score (nSPS) is 25.2. The highest BCUT2D eigenvalue weighted by molar-refractivity contribution is 5.96. The van der Waals surface area contributed by atoms with Gasteiger partial charge in [-0.2, -0.15) is 0 Å². The Labute approximate surface area is 218 Å². The van der Waals surface area contributed by atoms with E-state index in [-0.39, 0.29) is 37.4 Å². The highest BCUT2D eigenvalue weighted by atomic mass is 16.5. The highest BCUT2D eigenvalue weighted by Gasteiger charge is 2.51. The van der Waals surface area contributed by atoms with Crippen LogP contribution in [0.1, 0.15) is 55.6 Å². The van der Waals surface area contributed by atoms with Crippen LogP contribution in [0, 0.1) is 0 Å². The number of nitrogens with one attached hydrogen (secondary N) is 1. The molecule has 1 saturated carbocycles. The molecule has 7 heteroatoms. The van der Waals surface area contributed by atoms with E-state index in [0.29, 0.717) is 11.3 Å². The molecule has 1 heterocycles. The number of fused-ring (bicyclic) bond motifs is 3. The molecule has 0 radical (unpaired) electrons. The Morgan fingerprint density at radius 1 is 0.973 bits per heavy atom. The monoisotopic (exact) mass is 504 g/mol. The standard InChI is InChI=1S/C30H36N2O5/c33-17-16-31-30(36)23-19-24(28(35)29-27(23)22-14-8-9-15-25(22)37-29)32(21-12-6-1-2-7-13-21)26(34)18-20-10-4-3-5-11-20/h3-5,8-11,14-15,19,21,24,27-29,33,35H,1-2,6-7,12-13,16-18H2,(H,31,36). The molecule has 5 rings (SSSR count). The second-order valence-electron chi connectivity index (χ2n) is 10.3. The smallest absolute Gasteiger partial charge is 0.247 e. The Morgan fingerprint density at radius 2 is 1.68 bits per heavy atom. The fourth-order valence-corrected chi connectivity index (χ4v) is 6.17. The zero-order chi connectivity index (χ0) is 25.8. The third kappa shape index (κ3) is 5.29. The average Bonchev–Trinajstić information content (AvgIpc) is 3.10. The van der Waals surface area contributed by atoms with Crippen LogP contribution in [0.5, 0.6) is 5.75 Å². The van der Waals surface area contributed by atoms with Crippen molar-refractivity contribution < 1.29 is 24.5 Å². The van der Waals surface area contributed by atoms with Crippen molar-refractivity contribution in [3.05, 3.63) is 77.4 Å². The fraction of sp³-hybridized carbons (Fsp3) is 0.467. The largest absolute Gasteiger partial charge is 0.486 e. The molecule has 1 fully saturated rings. The van der Waals surface area contributed by atoms with Gasteiger partial charge in [0.1, 0.15) is 18.0 Å². The molecular formula is C30H36N2O5. The topological polar surface area (TPSA) is 99.1 Å². The van der Waals surface area contributed by atoms with Crippen LogP contribution in [0.4, 0.5) is 0 Å². The number of ether oxygens (including phenoxy) is 1. The molecule has 0 bridgehead atoms. The number of hydrogen-bond acceptors (Lipinski definition) is 5. The predicted molar refractivity (Wildman–Crippen MR) is 140 cm³/mol. The van der Waals surface area contributed by atoms with Crippen molar-refractivity contribution in [2.75, 3.05) is 13.2 Å². The molecule has 3 N–H and O–H groups in total. The van der Waals surface area contributed by atoms with Gasteiger partial charge in [-0.3, -0.25) is 9.59 Å². The van der Waals surface area contributed by atoms with E-state index in [1.165, 1.54) is 0 Å². The minimum Gasteiger partial charge on any atom is -0.486 e. The van der Waals surface area contributed by atoms with E-state index in [1.807, 2.05) is 59.5 Å². The summed E-state index contributed by atoms with van der Waals surface area (Å²) in [5, 5.41) is 23.8. The van der Waals surface area contributed by atoms with Crippen LogP contribution in [0.2, 0.25) is 0 Å². The van der Waals surface area contributed by atoms with Crippen LogP contribution in [-0.4, -0.2) is 64.4 Å². The van der Waals surface area contributed by atoms with E-state index >= 15 is 0 Å². The number of hydrogen-bond donors (Lipinski definition) is 3. The van der Waals surface area contributed by atoms with Gasteiger partial charge in [-0.25, -0.2) is 0 Å². The van der Waals surface area contributed by atoms with E-state index < -0.39 is 24.2 Å². The van der Waals surface area contributed by atoms with Gasteiger partial charge in [-0.1, -0.05) is 74.2 Å². The zero-order valence-corrected chi connectivity index (χ0v) is 21.1. The summed E-state index contributed by atoms with van der Waals surface area (Å²) in [6.45, 7) is -0.0431. The molecule has 2 aromatic rings. The fourth-order valence-electron chi connectivity index (χ4n) is 6.17. The minimum atomic E-state index is -0.991. The summed E-state index contributed by atoms with van der Waals surface area (Å²) in [6, 6.07) is 16.5. The van der Waals surface area contributed by atoms with Gasteiger partial charge >= 0.3 is 0 Å². The van der Waals surface area contributed by atoms with Gasteiger partial charge in [-0.15, -0.1) is 0 Å². The molecule has 37 heavy (non-hydrogen) atoms. The predicted octanol–water partition coefficient (Wildman–Crippen LogP) is 3.10. The average molecular weight is 505 g/mol. The number of rotatable bonds is 7. The Balaban J connectivity index is 1.54. The van der Waals surface area contributed by atoms with Gasteiger partial charge in [0.2, 0.25) is 11.8 Å². The van der Waals surface area contributed by atoms with Gasteiger partial charge < -0.3 is 25.2 Å². The first-order valence-corrected chi connectivity index (χ1v) is 13.5. The van der Waals surface area contributed by atoms with Crippen molar-refractivity contribution in [1.82, 2.24) is 10.2 Å². The number of amides is 2. The van der Waals surface area contributed by atoms with E-state index in [9.17, 15) is 19.8 Å². The van der Waals surface area contributed by atoms with Gasteiger partial charge in [0.15, 0.2) is 0 Å². The maximum atomic E-state index is 13.9. The number of nitrogens with zero attached hydrogens (tertiary/aromatic N) is 1. The van der Waals surface area contributed by atoms with Crippen molar-refractivity contribution in [3.63, 3.8) is 0 Å². The lowest BCUT2D eigenvalue weighted by atomic mass is 9.77. The SMILES string of the molecule is O=C(NCCO)C1=CC(N(C(=O)Cc2ccccc2)C2CCCCCC2)C(O)C2Oc3ccccc3C12. The summed E-state index contributed by atoms with van der Waals surface area (Å²) in [5.41, 5.74) is 2.25. The molecule has 3 aliphatic rings. The molecule has 7 nitrogen and oxygen atoms in total. The van der Waals surface area contributed by atoms with Crippen LogP contribution in [0.3, 0.4) is 0 Å². The molecule has 0 aromatic heterocycles. The second-order valence-corrected chi connectivity index (χ2v) is 10.3. The molecule has 1 aliphatic heterocycles. The van der Waals surface area contributed by atoms with Crippen molar-refractivity contribution >= 4 is 11.8 Å². The Bertz CT molecular complexity index is 1130. The number of aliphatic hydroxyl groups is 2. The van der Waals surface area contributed by atoms with Crippen LogP contribution in [0.15, 0.2) is 66.2 Å².